The molecule has 0 unspecified atom stereocenters. The monoisotopic (exact) mass is 248 g/mol. The Morgan fingerprint density at radius 2 is 2.17 bits per heavy atom. The van der Waals surface area contributed by atoms with Crippen molar-refractivity contribution in [2.24, 2.45) is 0 Å². The van der Waals surface area contributed by atoms with Gasteiger partial charge in [-0.1, -0.05) is 12.1 Å². The fourth-order valence-corrected chi connectivity index (χ4v) is 1.51. The van der Waals surface area contributed by atoms with E-state index < -0.39 is 5.97 Å². The van der Waals surface area contributed by atoms with Crippen molar-refractivity contribution in [1.82, 2.24) is 10.2 Å². The van der Waals surface area contributed by atoms with Crippen molar-refractivity contribution in [1.29, 1.82) is 0 Å². The van der Waals surface area contributed by atoms with E-state index in [0.29, 0.717) is 24.5 Å². The number of hydrogen-bond donors (Lipinski definition) is 1. The fraction of sp³-hybridized carbons (Fsp3) is 0.250. The number of nitrogens with zero attached hydrogens (tertiary/aromatic N) is 2. The highest BCUT2D eigenvalue weighted by atomic mass is 16.5. The lowest BCUT2D eigenvalue weighted by atomic mass is 10.1. The molecule has 0 aliphatic carbocycles. The zero-order valence-electron chi connectivity index (χ0n) is 9.79. The van der Waals surface area contributed by atoms with Gasteiger partial charge in [-0.15, -0.1) is 10.2 Å². The van der Waals surface area contributed by atoms with Gasteiger partial charge in [0.05, 0.1) is 17.7 Å². The Morgan fingerprint density at radius 1 is 1.39 bits per heavy atom. The maximum Gasteiger partial charge on any atom is 0.336 e. The number of methoxy groups -OCH3 is 1. The second kappa shape index (κ2) is 5.42. The van der Waals surface area contributed by atoms with Crippen LogP contribution in [0.3, 0.4) is 0 Å². The number of ether oxygens (including phenoxy) is 1. The second-order valence-corrected chi connectivity index (χ2v) is 3.59. The summed E-state index contributed by atoms with van der Waals surface area (Å²) < 4.78 is 10.3. The second-order valence-electron chi connectivity index (χ2n) is 3.59. The van der Waals surface area contributed by atoms with Gasteiger partial charge in [0.15, 0.2) is 0 Å². The number of hydrogen-bond acceptors (Lipinski definition) is 5. The molecule has 0 saturated heterocycles. The molecule has 0 fully saturated rings. The molecule has 0 amide bonds. The van der Waals surface area contributed by atoms with Crippen LogP contribution in [0.25, 0.3) is 11.5 Å². The minimum Gasteiger partial charge on any atom is -0.478 e. The van der Waals surface area contributed by atoms with Crippen LogP contribution < -0.4 is 0 Å². The minimum absolute atomic E-state index is 0.138. The number of aromatic nitrogens is 2. The summed E-state index contributed by atoms with van der Waals surface area (Å²) in [6.45, 7) is 0.474. The molecule has 0 spiro atoms. The van der Waals surface area contributed by atoms with Crippen LogP contribution in [0.2, 0.25) is 0 Å². The molecule has 2 aromatic rings. The van der Waals surface area contributed by atoms with E-state index in [1.165, 1.54) is 6.07 Å². The smallest absolute Gasteiger partial charge is 0.336 e. The first-order chi connectivity index (χ1) is 8.72. The molecule has 0 radical (unpaired) electrons. The van der Waals surface area contributed by atoms with E-state index >= 15 is 0 Å². The third kappa shape index (κ3) is 2.54. The minimum atomic E-state index is -1.03. The maximum atomic E-state index is 11.1. The van der Waals surface area contributed by atoms with Crippen LogP contribution >= 0.6 is 0 Å². The first kappa shape index (κ1) is 12.3. The van der Waals surface area contributed by atoms with Gasteiger partial charge in [0.25, 0.3) is 0 Å². The summed E-state index contributed by atoms with van der Waals surface area (Å²) in [5, 5.41) is 16.8. The average Bonchev–Trinajstić information content (AvgIpc) is 2.85. The summed E-state index contributed by atoms with van der Waals surface area (Å²) in [4.78, 5) is 11.1. The van der Waals surface area contributed by atoms with E-state index in [4.69, 9.17) is 14.3 Å². The summed E-state index contributed by atoms with van der Waals surface area (Å²) in [5.74, 6) is -0.395. The lowest BCUT2D eigenvalue weighted by Crippen LogP contribution is -1.99. The van der Waals surface area contributed by atoms with Crippen molar-refractivity contribution in [2.75, 3.05) is 13.7 Å². The topological polar surface area (TPSA) is 85.5 Å². The zero-order chi connectivity index (χ0) is 13.0. The summed E-state index contributed by atoms with van der Waals surface area (Å²) in [5.41, 5.74) is 0.556. The van der Waals surface area contributed by atoms with Gasteiger partial charge in [0, 0.05) is 13.5 Å². The molecular weight excluding hydrogens is 236 g/mol. The van der Waals surface area contributed by atoms with Crippen LogP contribution in [0.4, 0.5) is 0 Å². The van der Waals surface area contributed by atoms with Crippen LogP contribution in [0.1, 0.15) is 16.2 Å². The molecule has 18 heavy (non-hydrogen) atoms. The van der Waals surface area contributed by atoms with Crippen LogP contribution in [-0.2, 0) is 11.2 Å². The lowest BCUT2D eigenvalue weighted by molar-refractivity contribution is 0.0697. The number of carbonyl (C=O) groups is 1. The molecule has 1 N–H and O–H groups in total. The van der Waals surface area contributed by atoms with E-state index in [9.17, 15) is 4.79 Å². The highest BCUT2D eigenvalue weighted by Gasteiger charge is 2.16. The molecular formula is C12H12N2O4. The van der Waals surface area contributed by atoms with E-state index in [-0.39, 0.29) is 11.5 Å². The van der Waals surface area contributed by atoms with E-state index in [0.717, 1.165) is 0 Å². The van der Waals surface area contributed by atoms with Crippen LogP contribution in [0.5, 0.6) is 0 Å². The Balaban J connectivity index is 2.31. The summed E-state index contributed by atoms with van der Waals surface area (Å²) >= 11 is 0. The van der Waals surface area contributed by atoms with Crippen molar-refractivity contribution in [2.45, 2.75) is 6.42 Å². The van der Waals surface area contributed by atoms with E-state index in [2.05, 4.69) is 10.2 Å². The molecule has 0 saturated carbocycles. The van der Waals surface area contributed by atoms with Crippen LogP contribution in [-0.4, -0.2) is 35.0 Å². The third-order valence-electron chi connectivity index (χ3n) is 2.37. The lowest BCUT2D eigenvalue weighted by Gasteiger charge is -2.00. The molecule has 6 heteroatoms. The molecule has 0 aliphatic heterocycles. The molecule has 0 bridgehead atoms. The van der Waals surface area contributed by atoms with Crippen molar-refractivity contribution in [3.63, 3.8) is 0 Å². The number of rotatable bonds is 5. The maximum absolute atomic E-state index is 11.1. The van der Waals surface area contributed by atoms with Crippen molar-refractivity contribution >= 4 is 5.97 Å². The van der Waals surface area contributed by atoms with Gasteiger partial charge in [0.1, 0.15) is 0 Å². The van der Waals surface area contributed by atoms with Crippen LogP contribution in [0.15, 0.2) is 28.7 Å². The zero-order valence-corrected chi connectivity index (χ0v) is 9.79. The van der Waals surface area contributed by atoms with E-state index in [1.54, 1.807) is 25.3 Å². The van der Waals surface area contributed by atoms with Gasteiger partial charge in [-0.05, 0) is 12.1 Å². The van der Waals surface area contributed by atoms with Gasteiger partial charge < -0.3 is 14.3 Å². The summed E-state index contributed by atoms with van der Waals surface area (Å²) in [6.07, 6.45) is 0.499. The number of carboxylic acid groups (broad SMARTS) is 1. The van der Waals surface area contributed by atoms with Gasteiger partial charge in [-0.2, -0.15) is 0 Å². The molecule has 1 aromatic carbocycles. The molecule has 1 heterocycles. The quantitative estimate of drug-likeness (QED) is 0.865. The highest BCUT2D eigenvalue weighted by Crippen LogP contribution is 2.22. The average molecular weight is 248 g/mol. The Kier molecular flexibility index (Phi) is 3.69. The SMILES string of the molecule is COCCc1nnc(-c2ccccc2C(=O)O)o1. The number of carboxylic acids is 1. The predicted octanol–water partition coefficient (Wildman–Crippen LogP) is 1.62. The molecule has 6 nitrogen and oxygen atoms in total. The van der Waals surface area contributed by atoms with Gasteiger partial charge in [-0.3, -0.25) is 0 Å². The Labute approximate surface area is 103 Å². The Morgan fingerprint density at radius 3 is 2.89 bits per heavy atom. The number of aromatic carboxylic acids is 1. The Bertz CT molecular complexity index is 551. The largest absolute Gasteiger partial charge is 0.478 e. The third-order valence-corrected chi connectivity index (χ3v) is 2.37. The fourth-order valence-electron chi connectivity index (χ4n) is 1.51. The number of benzene rings is 1. The summed E-state index contributed by atoms with van der Waals surface area (Å²) in [6, 6.07) is 6.50. The van der Waals surface area contributed by atoms with Crippen molar-refractivity contribution in [3.05, 3.63) is 35.7 Å². The standard InChI is InChI=1S/C12H12N2O4/c1-17-7-6-10-13-14-11(18-10)8-4-2-3-5-9(8)12(15)16/h2-5H,6-7H2,1H3,(H,15,16). The highest BCUT2D eigenvalue weighted by molar-refractivity contribution is 5.94. The molecule has 0 aliphatic rings. The normalized spacial score (nSPS) is 10.5. The molecule has 0 atom stereocenters. The van der Waals surface area contributed by atoms with Crippen LogP contribution in [0, 0.1) is 0 Å². The Hall–Kier alpha value is -2.21. The van der Waals surface area contributed by atoms with Gasteiger partial charge >= 0.3 is 5.97 Å². The van der Waals surface area contributed by atoms with E-state index in [1.807, 2.05) is 0 Å². The summed E-state index contributed by atoms with van der Waals surface area (Å²) in [7, 11) is 1.58. The van der Waals surface area contributed by atoms with Crippen molar-refractivity contribution in [3.8, 4) is 11.5 Å². The van der Waals surface area contributed by atoms with Gasteiger partial charge in [-0.25, -0.2) is 4.79 Å². The molecule has 94 valence electrons. The van der Waals surface area contributed by atoms with Gasteiger partial charge in [0.2, 0.25) is 11.8 Å². The molecule has 2 rings (SSSR count). The predicted molar refractivity (Wildman–Crippen MR) is 62.3 cm³/mol. The van der Waals surface area contributed by atoms with Crippen molar-refractivity contribution < 1.29 is 19.1 Å². The first-order valence-corrected chi connectivity index (χ1v) is 5.36. The molecule has 1 aromatic heterocycles. The first-order valence-electron chi connectivity index (χ1n) is 5.36.